The molecule has 2 rings (SSSR count). The number of benzene rings is 1. The van der Waals surface area contributed by atoms with Crippen molar-refractivity contribution in [2.45, 2.75) is 39.5 Å². The largest absolute Gasteiger partial charge is 0.368 e. The van der Waals surface area contributed by atoms with Gasteiger partial charge in [-0.3, -0.25) is 4.79 Å². The third kappa shape index (κ3) is 3.40. The van der Waals surface area contributed by atoms with Crippen LogP contribution >= 0.6 is 11.3 Å². The van der Waals surface area contributed by atoms with Crippen LogP contribution in [0.3, 0.4) is 0 Å². The molecule has 0 saturated heterocycles. The molecule has 108 valence electrons. The van der Waals surface area contributed by atoms with E-state index in [0.29, 0.717) is 0 Å². The molecule has 0 amide bonds. The summed E-state index contributed by atoms with van der Waals surface area (Å²) in [4.78, 5) is 14.9. The van der Waals surface area contributed by atoms with Gasteiger partial charge >= 0.3 is 0 Å². The van der Waals surface area contributed by atoms with Gasteiger partial charge in [0, 0.05) is 28.6 Å². The summed E-state index contributed by atoms with van der Waals surface area (Å²) in [6, 6.07) is 7.90. The smallest absolute Gasteiger partial charge is 0.211 e. The Hall–Kier alpha value is -1.35. The number of rotatable bonds is 7. The Bertz CT molecular complexity index is 597. The molecule has 0 aliphatic rings. The molecular formula is C17H23NOS. The van der Waals surface area contributed by atoms with Crippen LogP contribution in [0, 0.1) is 0 Å². The van der Waals surface area contributed by atoms with Gasteiger partial charge in [0.15, 0.2) is 0 Å². The Morgan fingerprint density at radius 3 is 2.35 bits per heavy atom. The van der Waals surface area contributed by atoms with Crippen LogP contribution in [0.4, 0.5) is 5.69 Å². The van der Waals surface area contributed by atoms with Crippen molar-refractivity contribution in [2.24, 2.45) is 0 Å². The summed E-state index contributed by atoms with van der Waals surface area (Å²) in [6.45, 7) is 6.35. The number of hydrogen-bond donors (Lipinski definition) is 0. The average molecular weight is 289 g/mol. The predicted octanol–water partition coefficient (Wildman–Crippen LogP) is 4.67. The van der Waals surface area contributed by atoms with E-state index in [0.717, 1.165) is 54.5 Å². The molecule has 0 radical (unpaired) electrons. The number of unbranched alkanes of at least 4 members (excludes halogenated alkanes) is 2. The standard InChI is InChI=1S/C17H23NOS/c1-3-5-11-18(12-6-4-2)15-13-20-16-10-8-7-9-14(16)17(15)19/h7-10,13H,3-6,11-12H2,1-2H3. The molecule has 3 heteroatoms. The Morgan fingerprint density at radius 1 is 1.05 bits per heavy atom. The normalized spacial score (nSPS) is 10.9. The van der Waals surface area contributed by atoms with E-state index in [1.165, 1.54) is 0 Å². The van der Waals surface area contributed by atoms with E-state index in [1.807, 2.05) is 29.6 Å². The van der Waals surface area contributed by atoms with Gasteiger partial charge in [0.2, 0.25) is 5.43 Å². The highest BCUT2D eigenvalue weighted by Crippen LogP contribution is 2.21. The van der Waals surface area contributed by atoms with Gasteiger partial charge in [-0.1, -0.05) is 38.8 Å². The molecule has 2 aromatic rings. The fourth-order valence-electron chi connectivity index (χ4n) is 2.34. The third-order valence-electron chi connectivity index (χ3n) is 3.57. The number of anilines is 1. The molecule has 0 N–H and O–H groups in total. The Kier molecular flexibility index (Phi) is 5.60. The predicted molar refractivity (Wildman–Crippen MR) is 90.1 cm³/mol. The zero-order chi connectivity index (χ0) is 14.4. The van der Waals surface area contributed by atoms with Crippen LogP contribution in [0.25, 0.3) is 10.1 Å². The molecule has 1 aromatic carbocycles. The molecule has 20 heavy (non-hydrogen) atoms. The lowest BCUT2D eigenvalue weighted by Crippen LogP contribution is -2.29. The summed E-state index contributed by atoms with van der Waals surface area (Å²) in [5, 5.41) is 2.89. The fraction of sp³-hybridized carbons (Fsp3) is 0.471. The molecule has 0 unspecified atom stereocenters. The second-order valence-corrected chi connectivity index (χ2v) is 6.05. The van der Waals surface area contributed by atoms with Gasteiger partial charge in [-0.05, 0) is 25.0 Å². The SMILES string of the molecule is CCCCN(CCCC)c1csc2ccccc2c1=O. The summed E-state index contributed by atoms with van der Waals surface area (Å²) in [5.74, 6) is 0. The van der Waals surface area contributed by atoms with Crippen molar-refractivity contribution in [2.75, 3.05) is 18.0 Å². The molecule has 0 atom stereocenters. The summed E-state index contributed by atoms with van der Waals surface area (Å²) >= 11 is 1.67. The number of fused-ring (bicyclic) bond motifs is 1. The van der Waals surface area contributed by atoms with Crippen molar-refractivity contribution >= 4 is 27.1 Å². The van der Waals surface area contributed by atoms with Crippen LogP contribution < -0.4 is 10.3 Å². The van der Waals surface area contributed by atoms with Crippen LogP contribution in [0.5, 0.6) is 0 Å². The topological polar surface area (TPSA) is 20.3 Å². The van der Waals surface area contributed by atoms with Crippen molar-refractivity contribution in [3.05, 3.63) is 39.9 Å². The van der Waals surface area contributed by atoms with E-state index < -0.39 is 0 Å². The first-order valence-electron chi connectivity index (χ1n) is 7.53. The van der Waals surface area contributed by atoms with Crippen LogP contribution in [0.15, 0.2) is 34.4 Å². The first-order chi connectivity index (χ1) is 9.77. The number of hydrogen-bond acceptors (Lipinski definition) is 3. The van der Waals surface area contributed by atoms with Gasteiger partial charge in [-0.25, -0.2) is 0 Å². The molecule has 0 aliphatic heterocycles. The minimum atomic E-state index is 0.187. The molecule has 0 saturated carbocycles. The molecule has 0 bridgehead atoms. The zero-order valence-corrected chi connectivity index (χ0v) is 13.2. The van der Waals surface area contributed by atoms with E-state index in [2.05, 4.69) is 18.7 Å². The van der Waals surface area contributed by atoms with Crippen molar-refractivity contribution in [3.8, 4) is 0 Å². The highest BCUT2D eigenvalue weighted by atomic mass is 32.1. The quantitative estimate of drug-likeness (QED) is 0.738. The van der Waals surface area contributed by atoms with Crippen LogP contribution in [-0.2, 0) is 0 Å². The first kappa shape index (κ1) is 15.0. The average Bonchev–Trinajstić information content (AvgIpc) is 2.49. The minimum Gasteiger partial charge on any atom is -0.368 e. The fourth-order valence-corrected chi connectivity index (χ4v) is 3.28. The minimum absolute atomic E-state index is 0.187. The van der Waals surface area contributed by atoms with Crippen molar-refractivity contribution in [3.63, 3.8) is 0 Å². The Balaban J connectivity index is 2.36. The van der Waals surface area contributed by atoms with Gasteiger partial charge in [0.25, 0.3) is 0 Å². The molecular weight excluding hydrogens is 266 g/mol. The molecule has 0 fully saturated rings. The molecule has 0 aliphatic carbocycles. The summed E-state index contributed by atoms with van der Waals surface area (Å²) in [7, 11) is 0. The highest BCUT2D eigenvalue weighted by molar-refractivity contribution is 7.16. The highest BCUT2D eigenvalue weighted by Gasteiger charge is 2.12. The van der Waals surface area contributed by atoms with E-state index in [1.54, 1.807) is 11.3 Å². The maximum absolute atomic E-state index is 12.7. The van der Waals surface area contributed by atoms with Crippen molar-refractivity contribution < 1.29 is 0 Å². The van der Waals surface area contributed by atoms with Crippen LogP contribution in [0.2, 0.25) is 0 Å². The molecule has 0 spiro atoms. The van der Waals surface area contributed by atoms with Gasteiger partial charge in [-0.2, -0.15) is 0 Å². The van der Waals surface area contributed by atoms with E-state index in [-0.39, 0.29) is 5.43 Å². The lowest BCUT2D eigenvalue weighted by molar-refractivity contribution is 0.677. The van der Waals surface area contributed by atoms with Gasteiger partial charge < -0.3 is 4.90 Å². The molecule has 1 aromatic heterocycles. The monoisotopic (exact) mass is 289 g/mol. The van der Waals surface area contributed by atoms with Gasteiger partial charge in [0.05, 0.1) is 5.69 Å². The van der Waals surface area contributed by atoms with Gasteiger partial charge in [-0.15, -0.1) is 11.3 Å². The van der Waals surface area contributed by atoms with E-state index in [4.69, 9.17) is 0 Å². The zero-order valence-electron chi connectivity index (χ0n) is 12.4. The third-order valence-corrected chi connectivity index (χ3v) is 4.52. The Morgan fingerprint density at radius 2 is 1.70 bits per heavy atom. The van der Waals surface area contributed by atoms with Gasteiger partial charge in [0.1, 0.15) is 0 Å². The molecule has 1 heterocycles. The van der Waals surface area contributed by atoms with Crippen LogP contribution in [-0.4, -0.2) is 13.1 Å². The Labute approximate surface area is 125 Å². The summed E-state index contributed by atoms with van der Waals surface area (Å²) in [6.07, 6.45) is 4.60. The second kappa shape index (κ2) is 7.44. The van der Waals surface area contributed by atoms with Crippen molar-refractivity contribution in [1.82, 2.24) is 0 Å². The van der Waals surface area contributed by atoms with Crippen LogP contribution in [0.1, 0.15) is 39.5 Å². The van der Waals surface area contributed by atoms with E-state index >= 15 is 0 Å². The summed E-state index contributed by atoms with van der Waals surface area (Å²) < 4.78 is 1.08. The lowest BCUT2D eigenvalue weighted by Gasteiger charge is -2.24. The first-order valence-corrected chi connectivity index (χ1v) is 8.41. The lowest BCUT2D eigenvalue weighted by atomic mass is 10.2. The molecule has 2 nitrogen and oxygen atoms in total. The van der Waals surface area contributed by atoms with Crippen molar-refractivity contribution in [1.29, 1.82) is 0 Å². The second-order valence-electron chi connectivity index (χ2n) is 5.14. The summed E-state index contributed by atoms with van der Waals surface area (Å²) in [5.41, 5.74) is 1.07. The number of nitrogens with zero attached hydrogens (tertiary/aromatic N) is 1. The maximum Gasteiger partial charge on any atom is 0.211 e. The van der Waals surface area contributed by atoms with E-state index in [9.17, 15) is 4.79 Å². The maximum atomic E-state index is 12.7.